The van der Waals surface area contributed by atoms with Gasteiger partial charge in [0.25, 0.3) is 0 Å². The topological polar surface area (TPSA) is 34.6 Å². The standard InChI is InChI=1S/C28H32N2O2/c1-31-24-7-4-6-22(15-24)28-11-12-30(17-19-9-10-19)18-23(28)14-21-13-20-5-3-8-26(32-2)27(20)29-25(21)16-28/h3-8,13,15,19,23H,9-12,14,16-18H2,1-2H3/t23-,28-/m0/s1. The summed E-state index contributed by atoms with van der Waals surface area (Å²) in [5.41, 5.74) is 5.18. The number of benzene rings is 2. The molecule has 1 aliphatic heterocycles. The Hall–Kier alpha value is -2.59. The summed E-state index contributed by atoms with van der Waals surface area (Å²) in [5.74, 6) is 3.35. The predicted octanol–water partition coefficient (Wildman–Crippen LogP) is 5.02. The van der Waals surface area contributed by atoms with Crippen LogP contribution in [0.25, 0.3) is 10.9 Å². The fourth-order valence-corrected chi connectivity index (χ4v) is 6.19. The third-order valence-electron chi connectivity index (χ3n) is 8.14. The first-order valence-corrected chi connectivity index (χ1v) is 12.0. The summed E-state index contributed by atoms with van der Waals surface area (Å²) < 4.78 is 11.3. The van der Waals surface area contributed by atoms with Gasteiger partial charge in [-0.15, -0.1) is 0 Å². The Kier molecular flexibility index (Phi) is 4.87. The van der Waals surface area contributed by atoms with Gasteiger partial charge in [0, 0.05) is 36.0 Å². The van der Waals surface area contributed by atoms with Gasteiger partial charge >= 0.3 is 0 Å². The Labute approximate surface area is 190 Å². The van der Waals surface area contributed by atoms with Crippen molar-refractivity contribution < 1.29 is 9.47 Å². The fraction of sp³-hybridized carbons (Fsp3) is 0.464. The highest BCUT2D eigenvalue weighted by atomic mass is 16.5. The summed E-state index contributed by atoms with van der Waals surface area (Å²) in [7, 11) is 3.50. The molecule has 0 bridgehead atoms. The van der Waals surface area contributed by atoms with Crippen molar-refractivity contribution in [1.29, 1.82) is 0 Å². The largest absolute Gasteiger partial charge is 0.497 e. The second-order valence-electron chi connectivity index (χ2n) is 10.0. The Morgan fingerprint density at radius 1 is 1.06 bits per heavy atom. The molecular formula is C28H32N2O2. The van der Waals surface area contributed by atoms with E-state index in [0.717, 1.165) is 35.8 Å². The number of aromatic nitrogens is 1. The Morgan fingerprint density at radius 3 is 2.75 bits per heavy atom. The van der Waals surface area contributed by atoms with Crippen LogP contribution in [0.5, 0.6) is 11.5 Å². The van der Waals surface area contributed by atoms with E-state index in [4.69, 9.17) is 14.5 Å². The van der Waals surface area contributed by atoms with E-state index in [1.807, 2.05) is 6.07 Å². The van der Waals surface area contributed by atoms with Crippen LogP contribution in [0.3, 0.4) is 0 Å². The molecular weight excluding hydrogens is 396 g/mol. The quantitative estimate of drug-likeness (QED) is 0.572. The lowest BCUT2D eigenvalue weighted by Crippen LogP contribution is -2.54. The fourth-order valence-electron chi connectivity index (χ4n) is 6.19. The third-order valence-corrected chi connectivity index (χ3v) is 8.14. The lowest BCUT2D eigenvalue weighted by molar-refractivity contribution is 0.0777. The van der Waals surface area contributed by atoms with E-state index >= 15 is 0 Å². The van der Waals surface area contributed by atoms with Crippen LogP contribution in [-0.4, -0.2) is 43.7 Å². The molecule has 32 heavy (non-hydrogen) atoms. The van der Waals surface area contributed by atoms with Crippen molar-refractivity contribution in [2.24, 2.45) is 11.8 Å². The van der Waals surface area contributed by atoms with Crippen molar-refractivity contribution in [2.75, 3.05) is 33.9 Å². The molecule has 2 fully saturated rings. The van der Waals surface area contributed by atoms with Crippen molar-refractivity contribution in [1.82, 2.24) is 9.88 Å². The number of pyridine rings is 1. The van der Waals surface area contributed by atoms with Gasteiger partial charge in [0.2, 0.25) is 0 Å². The van der Waals surface area contributed by atoms with Gasteiger partial charge in [-0.2, -0.15) is 0 Å². The van der Waals surface area contributed by atoms with E-state index < -0.39 is 0 Å². The lowest BCUT2D eigenvalue weighted by Gasteiger charge is -2.51. The van der Waals surface area contributed by atoms with E-state index in [1.165, 1.54) is 61.1 Å². The molecule has 166 valence electrons. The number of para-hydroxylation sites is 1. The molecule has 4 heteroatoms. The summed E-state index contributed by atoms with van der Waals surface area (Å²) in [6, 6.07) is 17.4. The van der Waals surface area contributed by atoms with Crippen LogP contribution in [-0.2, 0) is 18.3 Å². The molecule has 3 aliphatic rings. The van der Waals surface area contributed by atoms with E-state index in [1.54, 1.807) is 14.2 Å². The maximum Gasteiger partial charge on any atom is 0.145 e. The van der Waals surface area contributed by atoms with Crippen LogP contribution in [0.2, 0.25) is 0 Å². The molecule has 4 nitrogen and oxygen atoms in total. The molecule has 0 N–H and O–H groups in total. The van der Waals surface area contributed by atoms with Crippen LogP contribution < -0.4 is 9.47 Å². The van der Waals surface area contributed by atoms with Gasteiger partial charge in [-0.25, -0.2) is 4.98 Å². The first kappa shape index (κ1) is 20.0. The first-order valence-electron chi connectivity index (χ1n) is 12.0. The smallest absolute Gasteiger partial charge is 0.145 e. The number of methoxy groups -OCH3 is 2. The van der Waals surface area contributed by atoms with Gasteiger partial charge in [0.1, 0.15) is 17.0 Å². The Morgan fingerprint density at radius 2 is 1.94 bits per heavy atom. The second-order valence-corrected chi connectivity index (χ2v) is 10.0. The van der Waals surface area contributed by atoms with Crippen molar-refractivity contribution >= 4 is 10.9 Å². The van der Waals surface area contributed by atoms with Crippen molar-refractivity contribution in [3.8, 4) is 11.5 Å². The molecule has 2 atom stereocenters. The van der Waals surface area contributed by atoms with Crippen LogP contribution >= 0.6 is 0 Å². The number of hydrogen-bond acceptors (Lipinski definition) is 4. The molecule has 1 saturated heterocycles. The lowest BCUT2D eigenvalue weighted by atomic mass is 9.58. The van der Waals surface area contributed by atoms with Gasteiger partial charge < -0.3 is 14.4 Å². The van der Waals surface area contributed by atoms with Gasteiger partial charge in [0.15, 0.2) is 0 Å². The number of nitrogens with zero attached hydrogens (tertiary/aromatic N) is 2. The van der Waals surface area contributed by atoms with E-state index in [-0.39, 0.29) is 5.41 Å². The van der Waals surface area contributed by atoms with Gasteiger partial charge in [0.05, 0.1) is 14.2 Å². The minimum Gasteiger partial charge on any atom is -0.497 e. The number of likely N-dealkylation sites (tertiary alicyclic amines) is 1. The van der Waals surface area contributed by atoms with Crippen molar-refractivity contribution in [2.45, 2.75) is 37.5 Å². The zero-order valence-corrected chi connectivity index (χ0v) is 19.1. The summed E-state index contributed by atoms with van der Waals surface area (Å²) >= 11 is 0. The number of hydrogen-bond donors (Lipinski definition) is 0. The molecule has 0 unspecified atom stereocenters. The number of piperidine rings is 1. The average Bonchev–Trinajstić information content (AvgIpc) is 3.65. The van der Waals surface area contributed by atoms with Crippen LogP contribution in [0.1, 0.15) is 36.1 Å². The monoisotopic (exact) mass is 428 g/mol. The minimum absolute atomic E-state index is 0.115. The third kappa shape index (κ3) is 3.36. The first-order chi connectivity index (χ1) is 15.7. The van der Waals surface area contributed by atoms with E-state index in [9.17, 15) is 0 Å². The van der Waals surface area contributed by atoms with Gasteiger partial charge in [-0.05, 0) is 79.5 Å². The van der Waals surface area contributed by atoms with Crippen molar-refractivity contribution in [3.63, 3.8) is 0 Å². The zero-order chi connectivity index (χ0) is 21.7. The normalized spacial score (nSPS) is 25.2. The molecule has 3 aromatic rings. The van der Waals surface area contributed by atoms with Crippen LogP contribution in [0.4, 0.5) is 0 Å². The molecule has 1 aromatic heterocycles. The predicted molar refractivity (Wildman–Crippen MR) is 128 cm³/mol. The van der Waals surface area contributed by atoms with E-state index in [2.05, 4.69) is 47.4 Å². The molecule has 2 aromatic carbocycles. The molecule has 0 amide bonds. The average molecular weight is 429 g/mol. The summed E-state index contributed by atoms with van der Waals surface area (Å²) in [4.78, 5) is 7.94. The summed E-state index contributed by atoms with van der Waals surface area (Å²) in [6.07, 6.45) is 6.10. The zero-order valence-electron chi connectivity index (χ0n) is 19.1. The highest BCUT2D eigenvalue weighted by Gasteiger charge is 2.48. The number of fused-ring (bicyclic) bond motifs is 3. The maximum absolute atomic E-state index is 5.64. The number of ether oxygens (including phenoxy) is 2. The Balaban J connectivity index is 1.44. The van der Waals surface area contributed by atoms with Gasteiger partial charge in [-0.1, -0.05) is 24.3 Å². The number of rotatable bonds is 5. The van der Waals surface area contributed by atoms with Crippen LogP contribution in [0.15, 0.2) is 48.5 Å². The van der Waals surface area contributed by atoms with Crippen LogP contribution in [0, 0.1) is 11.8 Å². The van der Waals surface area contributed by atoms with Gasteiger partial charge in [-0.3, -0.25) is 0 Å². The Bertz CT molecular complexity index is 1160. The molecule has 0 spiro atoms. The van der Waals surface area contributed by atoms with Crippen molar-refractivity contribution in [3.05, 3.63) is 65.4 Å². The highest BCUT2D eigenvalue weighted by molar-refractivity contribution is 5.85. The summed E-state index contributed by atoms with van der Waals surface area (Å²) in [6.45, 7) is 3.64. The highest BCUT2D eigenvalue weighted by Crippen LogP contribution is 2.49. The molecule has 2 heterocycles. The molecule has 1 saturated carbocycles. The summed E-state index contributed by atoms with van der Waals surface area (Å²) in [5, 5.41) is 1.18. The molecule has 0 radical (unpaired) electrons. The van der Waals surface area contributed by atoms with E-state index in [0.29, 0.717) is 5.92 Å². The second kappa shape index (κ2) is 7.77. The minimum atomic E-state index is 0.115. The molecule has 6 rings (SSSR count). The SMILES string of the molecule is COc1cccc([C@@]23CCN(CC4CC4)C[C@@H]2Cc2cc4cccc(OC)c4nc2C3)c1. The maximum atomic E-state index is 5.64. The molecule has 2 aliphatic carbocycles.